The summed E-state index contributed by atoms with van der Waals surface area (Å²) >= 11 is 5.98. The van der Waals surface area contributed by atoms with Crippen molar-refractivity contribution in [2.45, 2.75) is 31.7 Å². The Labute approximate surface area is 98.6 Å². The van der Waals surface area contributed by atoms with Crippen LogP contribution in [0.3, 0.4) is 0 Å². The van der Waals surface area contributed by atoms with Crippen molar-refractivity contribution in [1.29, 1.82) is 0 Å². The van der Waals surface area contributed by atoms with Crippen LogP contribution in [-0.4, -0.2) is 22.1 Å². The third kappa shape index (κ3) is 2.27. The van der Waals surface area contributed by atoms with Crippen LogP contribution < -0.4 is 5.32 Å². The van der Waals surface area contributed by atoms with Gasteiger partial charge in [-0.3, -0.25) is 0 Å². The molecule has 4 nitrogen and oxygen atoms in total. The third-order valence-electron chi connectivity index (χ3n) is 2.82. The van der Waals surface area contributed by atoms with Gasteiger partial charge in [0.1, 0.15) is 5.82 Å². The molecule has 1 fully saturated rings. The number of carboxylic acids is 1. The van der Waals surface area contributed by atoms with Gasteiger partial charge in [-0.2, -0.15) is 0 Å². The van der Waals surface area contributed by atoms with E-state index in [1.165, 1.54) is 25.1 Å². The molecule has 1 aromatic heterocycles. The maximum atomic E-state index is 10.9. The summed E-state index contributed by atoms with van der Waals surface area (Å²) in [5.74, 6) is -0.546. The van der Waals surface area contributed by atoms with Crippen molar-refractivity contribution in [2.24, 2.45) is 0 Å². The Morgan fingerprint density at radius 2 is 2.19 bits per heavy atom. The van der Waals surface area contributed by atoms with Crippen LogP contribution in [0.4, 0.5) is 5.82 Å². The Kier molecular flexibility index (Phi) is 3.29. The molecule has 2 rings (SSSR count). The van der Waals surface area contributed by atoms with Crippen LogP contribution in [0.15, 0.2) is 12.3 Å². The van der Waals surface area contributed by atoms with Gasteiger partial charge in [0.2, 0.25) is 0 Å². The average molecular weight is 241 g/mol. The summed E-state index contributed by atoms with van der Waals surface area (Å²) in [6, 6.07) is 1.78. The molecule has 0 unspecified atom stereocenters. The van der Waals surface area contributed by atoms with Gasteiger partial charge in [0.25, 0.3) is 0 Å². The second kappa shape index (κ2) is 4.70. The molecule has 1 aliphatic rings. The lowest BCUT2D eigenvalue weighted by Gasteiger charge is -2.14. The lowest BCUT2D eigenvalue weighted by atomic mass is 10.2. The van der Waals surface area contributed by atoms with Crippen molar-refractivity contribution >= 4 is 23.4 Å². The molecule has 0 bridgehead atoms. The van der Waals surface area contributed by atoms with Crippen molar-refractivity contribution in [1.82, 2.24) is 4.98 Å². The van der Waals surface area contributed by atoms with Gasteiger partial charge in [0, 0.05) is 12.2 Å². The Balaban J connectivity index is 2.20. The number of hydrogen-bond acceptors (Lipinski definition) is 3. The van der Waals surface area contributed by atoms with E-state index >= 15 is 0 Å². The van der Waals surface area contributed by atoms with Gasteiger partial charge >= 0.3 is 5.97 Å². The molecule has 1 aliphatic carbocycles. The van der Waals surface area contributed by atoms with Crippen molar-refractivity contribution < 1.29 is 9.90 Å². The molecule has 1 aromatic rings. The number of hydrogen-bond donors (Lipinski definition) is 2. The predicted molar refractivity (Wildman–Crippen MR) is 62.1 cm³/mol. The molecule has 0 atom stereocenters. The number of aromatic nitrogens is 1. The molecule has 5 heteroatoms. The van der Waals surface area contributed by atoms with Crippen LogP contribution in [0.2, 0.25) is 5.02 Å². The first-order valence-electron chi connectivity index (χ1n) is 5.33. The Morgan fingerprint density at radius 1 is 1.50 bits per heavy atom. The van der Waals surface area contributed by atoms with Crippen molar-refractivity contribution in [2.75, 3.05) is 5.32 Å². The van der Waals surface area contributed by atoms with Gasteiger partial charge in [-0.05, 0) is 18.9 Å². The molecular formula is C11H13ClN2O2. The number of carboxylic acid groups (broad SMARTS) is 1. The summed E-state index contributed by atoms with van der Waals surface area (Å²) in [6.07, 6.45) is 6.05. The number of nitrogens with zero attached hydrogens (tertiary/aromatic N) is 1. The molecule has 86 valence electrons. The molecule has 1 saturated carbocycles. The van der Waals surface area contributed by atoms with E-state index < -0.39 is 5.97 Å². The molecule has 2 N–H and O–H groups in total. The number of nitrogens with one attached hydrogen (secondary N) is 1. The number of carbonyl (C=O) groups is 1. The minimum atomic E-state index is -1.03. The topological polar surface area (TPSA) is 62.2 Å². The van der Waals surface area contributed by atoms with Crippen LogP contribution >= 0.6 is 11.6 Å². The normalized spacial score (nSPS) is 16.3. The molecule has 0 radical (unpaired) electrons. The summed E-state index contributed by atoms with van der Waals surface area (Å²) < 4.78 is 0. The van der Waals surface area contributed by atoms with E-state index in [4.69, 9.17) is 16.7 Å². The fourth-order valence-electron chi connectivity index (χ4n) is 1.97. The molecule has 0 aromatic carbocycles. The van der Waals surface area contributed by atoms with Gasteiger partial charge in [-0.25, -0.2) is 9.78 Å². The number of rotatable bonds is 3. The standard InChI is InChI=1S/C11H13ClN2O2/c12-9-8(11(15)16)5-6-13-10(9)14-7-3-1-2-4-7/h5-7H,1-4H2,(H,13,14)(H,15,16). The zero-order chi connectivity index (χ0) is 11.5. The smallest absolute Gasteiger partial charge is 0.337 e. The van der Waals surface area contributed by atoms with Crippen LogP contribution in [-0.2, 0) is 0 Å². The quantitative estimate of drug-likeness (QED) is 0.853. The fourth-order valence-corrected chi connectivity index (χ4v) is 2.22. The highest BCUT2D eigenvalue weighted by Crippen LogP contribution is 2.27. The molecular weight excluding hydrogens is 228 g/mol. The first-order valence-corrected chi connectivity index (χ1v) is 5.70. The van der Waals surface area contributed by atoms with Crippen molar-refractivity contribution in [3.8, 4) is 0 Å². The van der Waals surface area contributed by atoms with Gasteiger partial charge in [-0.15, -0.1) is 0 Å². The third-order valence-corrected chi connectivity index (χ3v) is 3.20. The van der Waals surface area contributed by atoms with Crippen LogP contribution in [0.25, 0.3) is 0 Å². The zero-order valence-electron chi connectivity index (χ0n) is 8.74. The fraction of sp³-hybridized carbons (Fsp3) is 0.455. The van der Waals surface area contributed by atoms with E-state index in [0.717, 1.165) is 12.8 Å². The number of halogens is 1. The highest BCUT2D eigenvalue weighted by molar-refractivity contribution is 6.35. The van der Waals surface area contributed by atoms with Gasteiger partial charge in [0.05, 0.1) is 10.6 Å². The summed E-state index contributed by atoms with van der Waals surface area (Å²) in [5.41, 5.74) is 0.0946. The summed E-state index contributed by atoms with van der Waals surface area (Å²) in [4.78, 5) is 14.9. The van der Waals surface area contributed by atoms with Gasteiger partial charge in [0.15, 0.2) is 0 Å². The lowest BCUT2D eigenvalue weighted by Crippen LogP contribution is -2.16. The van der Waals surface area contributed by atoms with E-state index in [9.17, 15) is 4.79 Å². The summed E-state index contributed by atoms with van der Waals surface area (Å²) in [6.45, 7) is 0. The Hall–Kier alpha value is -1.29. The number of pyridine rings is 1. The maximum absolute atomic E-state index is 10.9. The van der Waals surface area contributed by atoms with E-state index in [1.807, 2.05) is 0 Å². The molecule has 0 saturated heterocycles. The van der Waals surface area contributed by atoms with Crippen molar-refractivity contribution in [3.05, 3.63) is 22.8 Å². The average Bonchev–Trinajstić information content (AvgIpc) is 2.73. The van der Waals surface area contributed by atoms with Crippen LogP contribution in [0, 0.1) is 0 Å². The molecule has 0 spiro atoms. The lowest BCUT2D eigenvalue weighted by molar-refractivity contribution is 0.0697. The molecule has 16 heavy (non-hydrogen) atoms. The second-order valence-electron chi connectivity index (χ2n) is 3.95. The van der Waals surface area contributed by atoms with Gasteiger partial charge < -0.3 is 10.4 Å². The van der Waals surface area contributed by atoms with E-state index in [-0.39, 0.29) is 10.6 Å². The van der Waals surface area contributed by atoms with Crippen molar-refractivity contribution in [3.63, 3.8) is 0 Å². The van der Waals surface area contributed by atoms with E-state index in [2.05, 4.69) is 10.3 Å². The maximum Gasteiger partial charge on any atom is 0.337 e. The van der Waals surface area contributed by atoms with Crippen LogP contribution in [0.1, 0.15) is 36.0 Å². The largest absolute Gasteiger partial charge is 0.478 e. The minimum Gasteiger partial charge on any atom is -0.478 e. The molecule has 0 aliphatic heterocycles. The number of aromatic carboxylic acids is 1. The van der Waals surface area contributed by atoms with Crippen LogP contribution in [0.5, 0.6) is 0 Å². The Morgan fingerprint density at radius 3 is 2.81 bits per heavy atom. The highest BCUT2D eigenvalue weighted by Gasteiger charge is 2.18. The monoisotopic (exact) mass is 240 g/mol. The molecule has 0 amide bonds. The SMILES string of the molecule is O=C(O)c1ccnc(NC2CCCC2)c1Cl. The summed E-state index contributed by atoms with van der Waals surface area (Å²) in [7, 11) is 0. The second-order valence-corrected chi connectivity index (χ2v) is 4.33. The first kappa shape index (κ1) is 11.2. The van der Waals surface area contributed by atoms with E-state index in [0.29, 0.717) is 11.9 Å². The minimum absolute atomic E-state index is 0.0946. The van der Waals surface area contributed by atoms with E-state index in [1.54, 1.807) is 0 Å². The Bertz CT molecular complexity index is 403. The zero-order valence-corrected chi connectivity index (χ0v) is 9.50. The predicted octanol–water partition coefficient (Wildman–Crippen LogP) is 2.79. The molecule has 1 heterocycles. The number of anilines is 1. The summed E-state index contributed by atoms with van der Waals surface area (Å²) in [5, 5.41) is 12.3. The van der Waals surface area contributed by atoms with Gasteiger partial charge in [-0.1, -0.05) is 24.4 Å². The highest BCUT2D eigenvalue weighted by atomic mass is 35.5. The first-order chi connectivity index (χ1) is 7.68.